The van der Waals surface area contributed by atoms with Gasteiger partial charge in [-0.1, -0.05) is 18.5 Å². The van der Waals surface area contributed by atoms with Gasteiger partial charge >= 0.3 is 6.01 Å². The molecule has 2 fully saturated rings. The molecule has 0 radical (unpaired) electrons. The second kappa shape index (κ2) is 7.24. The zero-order valence-corrected chi connectivity index (χ0v) is 16.5. The fourth-order valence-corrected chi connectivity index (χ4v) is 3.77. The van der Waals surface area contributed by atoms with Gasteiger partial charge in [-0.3, -0.25) is 0 Å². The molecule has 0 aromatic carbocycles. The fourth-order valence-electron chi connectivity index (χ4n) is 3.63. The topological polar surface area (TPSA) is 91.6 Å². The molecule has 0 spiro atoms. The number of aliphatic hydroxyl groups is 2. The lowest BCUT2D eigenvalue weighted by molar-refractivity contribution is 0.0221. The Bertz CT molecular complexity index is 895. The van der Waals surface area contributed by atoms with Crippen molar-refractivity contribution in [2.24, 2.45) is 5.41 Å². The third-order valence-electron chi connectivity index (χ3n) is 5.91. The summed E-state index contributed by atoms with van der Waals surface area (Å²) in [6, 6.07) is 0.0361. The summed E-state index contributed by atoms with van der Waals surface area (Å²) in [5.74, 6) is -0.248. The summed E-state index contributed by atoms with van der Waals surface area (Å²) in [5.41, 5.74) is -1.02. The van der Waals surface area contributed by atoms with Gasteiger partial charge in [-0.15, -0.1) is 0 Å². The molecule has 0 amide bonds. The van der Waals surface area contributed by atoms with Crippen LogP contribution in [0.2, 0.25) is 5.15 Å². The van der Waals surface area contributed by atoms with Gasteiger partial charge in [0.1, 0.15) is 11.3 Å². The average molecular weight is 411 g/mol. The largest absolute Gasteiger partial charge is 0.463 e. The van der Waals surface area contributed by atoms with Crippen molar-refractivity contribution >= 4 is 28.3 Å². The Balaban J connectivity index is 1.74. The van der Waals surface area contributed by atoms with Crippen molar-refractivity contribution in [3.8, 4) is 6.01 Å². The van der Waals surface area contributed by atoms with Gasteiger partial charge < -0.3 is 19.8 Å². The lowest BCUT2D eigenvalue weighted by atomic mass is 9.90. The molecule has 1 unspecified atom stereocenters. The van der Waals surface area contributed by atoms with E-state index in [1.54, 1.807) is 0 Å². The molecule has 2 N–H and O–H groups in total. The van der Waals surface area contributed by atoms with Crippen LogP contribution < -0.4 is 9.64 Å². The number of hydrogen-bond acceptors (Lipinski definition) is 7. The Kier molecular flexibility index (Phi) is 5.05. The first-order chi connectivity index (χ1) is 13.4. The SMILES string of the molecule is CCC1(O)CCCN(c2nc(OCC3(CO)CC3)nc3c(F)c(Cl)ncc23)C1. The molecule has 1 aliphatic heterocycles. The van der Waals surface area contributed by atoms with Crippen molar-refractivity contribution < 1.29 is 19.3 Å². The molecule has 2 aromatic heterocycles. The van der Waals surface area contributed by atoms with Crippen molar-refractivity contribution in [3.05, 3.63) is 17.2 Å². The summed E-state index contributed by atoms with van der Waals surface area (Å²) in [5, 5.41) is 20.4. The highest BCUT2D eigenvalue weighted by Crippen LogP contribution is 2.45. The van der Waals surface area contributed by atoms with E-state index in [1.165, 1.54) is 6.20 Å². The minimum atomic E-state index is -0.816. The number of ether oxygens (including phenoxy) is 1. The molecule has 3 heterocycles. The zero-order chi connectivity index (χ0) is 19.9. The van der Waals surface area contributed by atoms with Crippen LogP contribution in [0.15, 0.2) is 6.20 Å². The number of rotatable bonds is 6. The van der Waals surface area contributed by atoms with E-state index in [2.05, 4.69) is 15.0 Å². The molecule has 28 heavy (non-hydrogen) atoms. The van der Waals surface area contributed by atoms with Crippen molar-refractivity contribution in [1.29, 1.82) is 0 Å². The van der Waals surface area contributed by atoms with Gasteiger partial charge in [-0.25, -0.2) is 9.37 Å². The van der Waals surface area contributed by atoms with Crippen LogP contribution in [0, 0.1) is 11.2 Å². The molecule has 1 saturated heterocycles. The lowest BCUT2D eigenvalue weighted by Gasteiger charge is -2.39. The van der Waals surface area contributed by atoms with Gasteiger partial charge in [0.15, 0.2) is 11.0 Å². The quantitative estimate of drug-likeness (QED) is 0.707. The highest BCUT2D eigenvalue weighted by atomic mass is 35.5. The number of anilines is 1. The molecular formula is C19H24ClFN4O3. The maximum atomic E-state index is 14.6. The predicted octanol–water partition coefficient (Wildman–Crippen LogP) is 2.71. The molecular weight excluding hydrogens is 387 g/mol. The number of aliphatic hydroxyl groups excluding tert-OH is 1. The number of fused-ring (bicyclic) bond motifs is 1. The highest BCUT2D eigenvalue weighted by molar-refractivity contribution is 6.30. The molecule has 152 valence electrons. The van der Waals surface area contributed by atoms with Gasteiger partial charge in [-0.2, -0.15) is 9.97 Å². The Morgan fingerprint density at radius 2 is 2.11 bits per heavy atom. The third-order valence-corrected chi connectivity index (χ3v) is 6.18. The maximum absolute atomic E-state index is 14.6. The molecule has 4 rings (SSSR count). The Morgan fingerprint density at radius 3 is 2.79 bits per heavy atom. The summed E-state index contributed by atoms with van der Waals surface area (Å²) in [7, 11) is 0. The van der Waals surface area contributed by atoms with Crippen LogP contribution in [0.5, 0.6) is 6.01 Å². The Labute approximate surface area is 167 Å². The minimum absolute atomic E-state index is 0.0349. The van der Waals surface area contributed by atoms with Crippen LogP contribution >= 0.6 is 11.6 Å². The van der Waals surface area contributed by atoms with Gasteiger partial charge in [0.2, 0.25) is 0 Å². The Morgan fingerprint density at radius 1 is 1.32 bits per heavy atom. The van der Waals surface area contributed by atoms with Crippen LogP contribution in [0.4, 0.5) is 10.2 Å². The first kappa shape index (κ1) is 19.5. The number of halogens is 2. The summed E-state index contributed by atoms with van der Waals surface area (Å²) in [6.07, 6.45) is 5.34. The van der Waals surface area contributed by atoms with Gasteiger partial charge in [0, 0.05) is 24.7 Å². The molecule has 1 atom stereocenters. The molecule has 9 heteroatoms. The maximum Gasteiger partial charge on any atom is 0.319 e. The number of β-amino-alcohol motifs (C(OH)–C–C–N with tert-alkyl or cyclic N) is 1. The van der Waals surface area contributed by atoms with Crippen molar-refractivity contribution in [2.75, 3.05) is 31.2 Å². The molecule has 1 aliphatic carbocycles. The van der Waals surface area contributed by atoms with Crippen LogP contribution in [0.25, 0.3) is 10.9 Å². The third kappa shape index (κ3) is 3.60. The van der Waals surface area contributed by atoms with E-state index in [0.717, 1.165) is 19.3 Å². The van der Waals surface area contributed by atoms with E-state index < -0.39 is 11.4 Å². The van der Waals surface area contributed by atoms with E-state index in [4.69, 9.17) is 16.3 Å². The molecule has 2 aliphatic rings. The van der Waals surface area contributed by atoms with Crippen LogP contribution in [0.1, 0.15) is 39.0 Å². The molecule has 1 saturated carbocycles. The number of nitrogens with zero attached hydrogens (tertiary/aromatic N) is 4. The number of hydrogen-bond donors (Lipinski definition) is 2. The minimum Gasteiger partial charge on any atom is -0.463 e. The average Bonchev–Trinajstić information content (AvgIpc) is 3.49. The van der Waals surface area contributed by atoms with E-state index in [0.29, 0.717) is 37.1 Å². The van der Waals surface area contributed by atoms with E-state index in [-0.39, 0.29) is 35.3 Å². The summed E-state index contributed by atoms with van der Waals surface area (Å²) < 4.78 is 20.4. The fraction of sp³-hybridized carbons (Fsp3) is 0.632. The van der Waals surface area contributed by atoms with Crippen molar-refractivity contribution in [3.63, 3.8) is 0 Å². The molecule has 2 aromatic rings. The summed E-state index contributed by atoms with van der Waals surface area (Å²) in [6.45, 7) is 3.32. The highest BCUT2D eigenvalue weighted by Gasteiger charge is 2.43. The number of aromatic nitrogens is 3. The summed E-state index contributed by atoms with van der Waals surface area (Å²) in [4.78, 5) is 14.6. The van der Waals surface area contributed by atoms with E-state index >= 15 is 0 Å². The van der Waals surface area contributed by atoms with Gasteiger partial charge in [0.05, 0.1) is 24.2 Å². The predicted molar refractivity (Wildman–Crippen MR) is 103 cm³/mol. The standard InChI is InChI=1S/C19H24ClFN4O3/c1-2-19(27)4-3-7-25(9-19)16-12-8-22-15(20)13(21)14(12)23-17(24-16)28-11-18(10-26)5-6-18/h8,26-27H,2-7,9-11H2,1H3. The second-order valence-electron chi connectivity index (χ2n) is 8.00. The normalized spacial score (nSPS) is 23.8. The van der Waals surface area contributed by atoms with E-state index in [1.807, 2.05) is 11.8 Å². The number of pyridine rings is 1. The van der Waals surface area contributed by atoms with Crippen molar-refractivity contribution in [1.82, 2.24) is 15.0 Å². The van der Waals surface area contributed by atoms with Gasteiger partial charge in [0.25, 0.3) is 0 Å². The zero-order valence-electron chi connectivity index (χ0n) is 15.8. The van der Waals surface area contributed by atoms with Crippen LogP contribution in [-0.2, 0) is 0 Å². The van der Waals surface area contributed by atoms with Crippen LogP contribution in [-0.4, -0.2) is 57.1 Å². The van der Waals surface area contributed by atoms with E-state index in [9.17, 15) is 14.6 Å². The van der Waals surface area contributed by atoms with Crippen molar-refractivity contribution in [2.45, 2.75) is 44.6 Å². The first-order valence-electron chi connectivity index (χ1n) is 9.61. The molecule has 7 nitrogen and oxygen atoms in total. The molecule has 0 bridgehead atoms. The smallest absolute Gasteiger partial charge is 0.319 e. The number of piperidine rings is 1. The monoisotopic (exact) mass is 410 g/mol. The summed E-state index contributed by atoms with van der Waals surface area (Å²) >= 11 is 5.85. The van der Waals surface area contributed by atoms with Gasteiger partial charge in [-0.05, 0) is 32.1 Å². The first-order valence-corrected chi connectivity index (χ1v) is 9.99. The second-order valence-corrected chi connectivity index (χ2v) is 8.36. The van der Waals surface area contributed by atoms with Crippen LogP contribution in [0.3, 0.4) is 0 Å². The Hall–Kier alpha value is -1.77. The lowest BCUT2D eigenvalue weighted by Crippen LogP contribution is -2.48.